The smallest absolute Gasteiger partial charge is 0.316 e. The quantitative estimate of drug-likeness (QED) is 0.774. The third-order valence-electron chi connectivity index (χ3n) is 3.05. The second-order valence-electron chi connectivity index (χ2n) is 3.99. The summed E-state index contributed by atoms with van der Waals surface area (Å²) in [6, 6.07) is 4.50. The summed E-state index contributed by atoms with van der Waals surface area (Å²) in [4.78, 5) is 0. The Kier molecular flexibility index (Phi) is 3.20. The van der Waals surface area contributed by atoms with Crippen molar-refractivity contribution in [1.82, 2.24) is 0 Å². The van der Waals surface area contributed by atoms with E-state index in [1.807, 2.05) is 0 Å². The van der Waals surface area contributed by atoms with Crippen LogP contribution in [0.3, 0.4) is 0 Å². The lowest BCUT2D eigenvalue weighted by Gasteiger charge is -2.37. The van der Waals surface area contributed by atoms with Crippen molar-refractivity contribution >= 4 is 10.2 Å². The summed E-state index contributed by atoms with van der Waals surface area (Å²) < 4.78 is 49.3. The van der Waals surface area contributed by atoms with E-state index < -0.39 is 15.0 Å². The molecule has 1 aromatic rings. The largest absolute Gasteiger partial charge is 0.493 e. The monoisotopic (exact) mass is 276 g/mol. The molecular formula is C11H13FO5S. The molecule has 18 heavy (non-hydrogen) atoms. The van der Waals surface area contributed by atoms with Crippen LogP contribution in [0.1, 0.15) is 5.56 Å². The Hall–Kier alpha value is -1.34. The Morgan fingerprint density at radius 1 is 1.22 bits per heavy atom. The molecule has 1 saturated heterocycles. The number of benzene rings is 1. The topological polar surface area (TPSA) is 61.8 Å². The van der Waals surface area contributed by atoms with Gasteiger partial charge in [-0.2, -0.15) is 8.42 Å². The van der Waals surface area contributed by atoms with Gasteiger partial charge in [-0.05, 0) is 17.7 Å². The van der Waals surface area contributed by atoms with Gasteiger partial charge in [-0.1, -0.05) is 6.07 Å². The average Bonchev–Trinajstić information content (AvgIpc) is 2.25. The summed E-state index contributed by atoms with van der Waals surface area (Å²) in [5.74, 6) is 0.804. The van der Waals surface area contributed by atoms with Crippen LogP contribution in [0, 0.1) is 0 Å². The molecule has 0 radical (unpaired) electrons. The van der Waals surface area contributed by atoms with E-state index in [0.717, 1.165) is 0 Å². The normalized spacial score (nSPS) is 17.9. The van der Waals surface area contributed by atoms with Gasteiger partial charge in [-0.15, -0.1) is 3.89 Å². The zero-order valence-electron chi connectivity index (χ0n) is 9.97. The maximum absolute atomic E-state index is 13.4. The van der Waals surface area contributed by atoms with Gasteiger partial charge in [0.1, 0.15) is 0 Å². The molecule has 5 nitrogen and oxygen atoms in total. The van der Waals surface area contributed by atoms with Crippen molar-refractivity contribution in [2.45, 2.75) is 4.75 Å². The summed E-state index contributed by atoms with van der Waals surface area (Å²) in [6.45, 7) is -0.386. The summed E-state index contributed by atoms with van der Waals surface area (Å²) >= 11 is 0. The van der Waals surface area contributed by atoms with Crippen LogP contribution >= 0.6 is 0 Å². The van der Waals surface area contributed by atoms with Crippen LogP contribution in [-0.2, 0) is 19.7 Å². The molecule has 2 rings (SSSR count). The minimum absolute atomic E-state index is 0.193. The zero-order chi connectivity index (χ0) is 13.4. The molecule has 1 heterocycles. The molecule has 0 amide bonds. The molecule has 0 aromatic heterocycles. The molecule has 1 fully saturated rings. The fraction of sp³-hybridized carbons (Fsp3) is 0.455. The number of hydrogen-bond acceptors (Lipinski definition) is 5. The predicted molar refractivity (Wildman–Crippen MR) is 62.1 cm³/mol. The first-order valence-corrected chi connectivity index (χ1v) is 6.57. The average molecular weight is 276 g/mol. The number of methoxy groups -OCH3 is 2. The van der Waals surface area contributed by atoms with E-state index in [2.05, 4.69) is 0 Å². The molecule has 1 aliphatic rings. The molecule has 0 saturated carbocycles. The second-order valence-corrected chi connectivity index (χ2v) is 5.65. The van der Waals surface area contributed by atoms with Crippen molar-refractivity contribution in [3.05, 3.63) is 23.8 Å². The second kappa shape index (κ2) is 4.40. The summed E-state index contributed by atoms with van der Waals surface area (Å²) in [6.07, 6.45) is 0. The van der Waals surface area contributed by atoms with Gasteiger partial charge >= 0.3 is 10.2 Å². The number of hydrogen-bond donors (Lipinski definition) is 0. The van der Waals surface area contributed by atoms with E-state index in [9.17, 15) is 12.3 Å². The highest BCUT2D eigenvalue weighted by atomic mass is 32.3. The van der Waals surface area contributed by atoms with Crippen LogP contribution in [0.5, 0.6) is 11.5 Å². The first-order chi connectivity index (χ1) is 8.44. The van der Waals surface area contributed by atoms with Crippen LogP contribution in [0.25, 0.3) is 0 Å². The molecule has 0 N–H and O–H groups in total. The molecule has 1 aromatic carbocycles. The maximum Gasteiger partial charge on any atom is 0.316 e. The lowest BCUT2D eigenvalue weighted by Crippen LogP contribution is -2.51. The highest BCUT2D eigenvalue weighted by Gasteiger charge is 2.53. The third kappa shape index (κ3) is 1.83. The molecule has 100 valence electrons. The summed E-state index contributed by atoms with van der Waals surface area (Å²) in [7, 11) is -1.86. The van der Waals surface area contributed by atoms with E-state index in [1.165, 1.54) is 26.4 Å². The van der Waals surface area contributed by atoms with Crippen LogP contribution in [-0.4, -0.2) is 35.9 Å². The van der Waals surface area contributed by atoms with Crippen molar-refractivity contribution in [1.29, 1.82) is 0 Å². The van der Waals surface area contributed by atoms with Crippen molar-refractivity contribution < 1.29 is 26.5 Å². The molecule has 0 spiro atoms. The van der Waals surface area contributed by atoms with Gasteiger partial charge < -0.3 is 14.2 Å². The Morgan fingerprint density at radius 3 is 2.22 bits per heavy atom. The highest BCUT2D eigenvalue weighted by molar-refractivity contribution is 7.87. The summed E-state index contributed by atoms with van der Waals surface area (Å²) in [5.41, 5.74) is 0.300. The van der Waals surface area contributed by atoms with Crippen LogP contribution in [0.2, 0.25) is 0 Å². The Morgan fingerprint density at radius 2 is 1.83 bits per heavy atom. The Balaban J connectivity index is 2.51. The van der Waals surface area contributed by atoms with Gasteiger partial charge in [0.25, 0.3) is 0 Å². The molecule has 0 aliphatic carbocycles. The minimum atomic E-state index is -4.75. The van der Waals surface area contributed by atoms with E-state index in [0.29, 0.717) is 17.1 Å². The highest BCUT2D eigenvalue weighted by Crippen LogP contribution is 2.42. The van der Waals surface area contributed by atoms with Crippen molar-refractivity contribution in [3.63, 3.8) is 0 Å². The van der Waals surface area contributed by atoms with Gasteiger partial charge in [-0.25, -0.2) is 0 Å². The maximum atomic E-state index is 13.4. The van der Waals surface area contributed by atoms with Crippen molar-refractivity contribution in [3.8, 4) is 11.5 Å². The third-order valence-corrected chi connectivity index (χ3v) is 4.45. The first-order valence-electron chi connectivity index (χ1n) is 5.19. The SMILES string of the molecule is COc1ccc(C2(S(=O)(=O)F)COC2)cc1OC. The molecule has 1 aliphatic heterocycles. The number of rotatable bonds is 4. The van der Waals surface area contributed by atoms with E-state index in [4.69, 9.17) is 14.2 Å². The van der Waals surface area contributed by atoms with Crippen LogP contribution in [0.4, 0.5) is 3.89 Å². The standard InChI is InChI=1S/C11H13FO5S/c1-15-9-4-3-8(5-10(9)16-2)11(6-17-7-11)18(12,13)14/h3-5H,6-7H2,1-2H3. The zero-order valence-corrected chi connectivity index (χ0v) is 10.8. The van der Waals surface area contributed by atoms with Gasteiger partial charge in [-0.3, -0.25) is 0 Å². The van der Waals surface area contributed by atoms with Crippen molar-refractivity contribution in [2.75, 3.05) is 27.4 Å². The summed E-state index contributed by atoms with van der Waals surface area (Å²) in [5, 5.41) is 0. The molecule has 0 atom stereocenters. The van der Waals surface area contributed by atoms with Crippen LogP contribution in [0.15, 0.2) is 18.2 Å². The van der Waals surface area contributed by atoms with Gasteiger partial charge in [0.05, 0.1) is 27.4 Å². The van der Waals surface area contributed by atoms with E-state index in [1.54, 1.807) is 6.07 Å². The molecule has 0 unspecified atom stereocenters. The minimum Gasteiger partial charge on any atom is -0.493 e. The van der Waals surface area contributed by atoms with Gasteiger partial charge in [0.2, 0.25) is 0 Å². The van der Waals surface area contributed by atoms with Crippen LogP contribution < -0.4 is 9.47 Å². The molecule has 7 heteroatoms. The Bertz CT molecular complexity index is 551. The molecule has 0 bridgehead atoms. The van der Waals surface area contributed by atoms with E-state index in [-0.39, 0.29) is 13.2 Å². The van der Waals surface area contributed by atoms with Gasteiger partial charge in [0, 0.05) is 0 Å². The predicted octanol–water partition coefficient (Wildman–Crippen LogP) is 1.23. The number of ether oxygens (including phenoxy) is 3. The lowest BCUT2D eigenvalue weighted by atomic mass is 9.96. The first kappa shape index (κ1) is 13.1. The Labute approximate surface area is 105 Å². The fourth-order valence-corrected chi connectivity index (χ4v) is 2.71. The lowest BCUT2D eigenvalue weighted by molar-refractivity contribution is -0.0181. The molecular weight excluding hydrogens is 263 g/mol. The number of halogens is 1. The van der Waals surface area contributed by atoms with Crippen molar-refractivity contribution in [2.24, 2.45) is 0 Å². The fourth-order valence-electron chi connectivity index (χ4n) is 1.86. The van der Waals surface area contributed by atoms with Gasteiger partial charge in [0.15, 0.2) is 16.2 Å². The van der Waals surface area contributed by atoms with E-state index >= 15 is 0 Å².